The largest absolute Gasteiger partial charge is 0.426 e. The van der Waals surface area contributed by atoms with E-state index in [1.54, 1.807) is 6.07 Å². The van der Waals surface area contributed by atoms with Crippen molar-refractivity contribution in [3.63, 3.8) is 0 Å². The number of nitrogens with zero attached hydrogens (tertiary/aromatic N) is 1. The van der Waals surface area contributed by atoms with Crippen LogP contribution in [0, 0.1) is 17.1 Å². The number of nitrogens with one attached hydrogen (secondary N) is 1. The lowest BCUT2D eigenvalue weighted by molar-refractivity contribution is -0.131. The van der Waals surface area contributed by atoms with Crippen LogP contribution in [0.4, 0.5) is 10.1 Å². The van der Waals surface area contributed by atoms with Crippen LogP contribution in [-0.4, -0.2) is 5.97 Å². The van der Waals surface area contributed by atoms with Gasteiger partial charge in [-0.1, -0.05) is 48.0 Å². The Morgan fingerprint density at radius 3 is 2.69 bits per heavy atom. The number of esters is 1. The fourth-order valence-corrected chi connectivity index (χ4v) is 2.86. The van der Waals surface area contributed by atoms with Crippen LogP contribution in [0.2, 0.25) is 5.02 Å². The monoisotopic (exact) mass is 368 g/mol. The first-order valence-electron chi connectivity index (χ1n) is 7.81. The number of carbonyl (C=O) groups excluding carboxylic acids is 1. The zero-order valence-electron chi connectivity index (χ0n) is 13.8. The third-order valence-corrected chi connectivity index (χ3v) is 4.12. The van der Waals surface area contributed by atoms with Crippen molar-refractivity contribution in [2.75, 3.05) is 5.32 Å². The molecule has 0 saturated carbocycles. The lowest BCUT2D eigenvalue weighted by atomic mass is 10.0. The van der Waals surface area contributed by atoms with E-state index in [1.165, 1.54) is 25.1 Å². The maximum Gasteiger partial charge on any atom is 0.308 e. The minimum Gasteiger partial charge on any atom is -0.426 e. The van der Waals surface area contributed by atoms with Gasteiger partial charge in [0.15, 0.2) is 0 Å². The molecule has 0 heterocycles. The molecule has 0 saturated heterocycles. The molecule has 4 nitrogen and oxygen atoms in total. The maximum atomic E-state index is 13.3. The molecule has 3 aromatic rings. The average molecular weight is 369 g/mol. The Kier molecular flexibility index (Phi) is 5.06. The van der Waals surface area contributed by atoms with Crippen molar-refractivity contribution < 1.29 is 13.9 Å². The van der Waals surface area contributed by atoms with Crippen molar-refractivity contribution in [3.05, 3.63) is 71.0 Å². The first kappa shape index (κ1) is 17.7. The van der Waals surface area contributed by atoms with E-state index in [-0.39, 0.29) is 5.02 Å². The number of anilines is 1. The Labute approximate surface area is 154 Å². The molecular formula is C20H14ClFN2O2. The summed E-state index contributed by atoms with van der Waals surface area (Å²) >= 11 is 5.80. The zero-order valence-corrected chi connectivity index (χ0v) is 14.5. The number of hydrogen-bond acceptors (Lipinski definition) is 4. The average Bonchev–Trinajstić information content (AvgIpc) is 2.63. The fourth-order valence-electron chi connectivity index (χ4n) is 2.68. The minimum absolute atomic E-state index is 0.0505. The van der Waals surface area contributed by atoms with Crippen molar-refractivity contribution >= 4 is 34.0 Å². The van der Waals surface area contributed by atoms with Crippen molar-refractivity contribution in [1.29, 1.82) is 5.26 Å². The second-order valence-electron chi connectivity index (χ2n) is 5.63. The summed E-state index contributed by atoms with van der Waals surface area (Å²) in [6.45, 7) is 1.31. The third-order valence-electron chi connectivity index (χ3n) is 3.83. The molecule has 0 amide bonds. The minimum atomic E-state index is -0.824. The summed E-state index contributed by atoms with van der Waals surface area (Å²) in [4.78, 5) is 11.6. The Hall–Kier alpha value is -3.10. The number of nitriles is 1. The second-order valence-corrected chi connectivity index (χ2v) is 6.04. The van der Waals surface area contributed by atoms with Crippen molar-refractivity contribution in [2.45, 2.75) is 13.0 Å². The molecule has 0 aliphatic rings. The molecule has 1 N–H and O–H groups in total. The summed E-state index contributed by atoms with van der Waals surface area (Å²) in [7, 11) is 0. The Morgan fingerprint density at radius 2 is 2.00 bits per heavy atom. The topological polar surface area (TPSA) is 62.1 Å². The van der Waals surface area contributed by atoms with E-state index in [4.69, 9.17) is 16.3 Å². The van der Waals surface area contributed by atoms with Gasteiger partial charge in [-0.3, -0.25) is 4.79 Å². The molecular weight excluding hydrogens is 355 g/mol. The first-order valence-corrected chi connectivity index (χ1v) is 8.18. The van der Waals surface area contributed by atoms with E-state index in [9.17, 15) is 14.4 Å². The van der Waals surface area contributed by atoms with E-state index in [2.05, 4.69) is 11.4 Å². The summed E-state index contributed by atoms with van der Waals surface area (Å²) in [6.07, 6.45) is 0. The maximum absolute atomic E-state index is 13.3. The molecule has 26 heavy (non-hydrogen) atoms. The Morgan fingerprint density at radius 1 is 1.23 bits per heavy atom. The number of halogens is 2. The highest BCUT2D eigenvalue weighted by Crippen LogP contribution is 2.35. The zero-order chi connectivity index (χ0) is 18.7. The van der Waals surface area contributed by atoms with Crippen LogP contribution in [0.5, 0.6) is 5.75 Å². The van der Waals surface area contributed by atoms with Gasteiger partial charge in [0.05, 0.1) is 11.1 Å². The van der Waals surface area contributed by atoms with Crippen molar-refractivity contribution in [1.82, 2.24) is 0 Å². The molecule has 0 aliphatic carbocycles. The summed E-state index contributed by atoms with van der Waals surface area (Å²) in [6, 6.07) is 16.4. The molecule has 1 unspecified atom stereocenters. The van der Waals surface area contributed by atoms with Gasteiger partial charge in [-0.2, -0.15) is 5.26 Å². The molecule has 0 radical (unpaired) electrons. The van der Waals surface area contributed by atoms with Crippen LogP contribution in [0.25, 0.3) is 10.8 Å². The number of hydrogen-bond donors (Lipinski definition) is 1. The molecule has 6 heteroatoms. The Bertz CT molecular complexity index is 1030. The molecule has 0 spiro atoms. The SMILES string of the molecule is CC(=O)Oc1c(C(C#N)Nc2ccc(F)c(Cl)c2)ccc2ccccc12. The number of benzene rings is 3. The van der Waals surface area contributed by atoms with Gasteiger partial charge in [0.25, 0.3) is 0 Å². The predicted molar refractivity (Wildman–Crippen MR) is 98.6 cm³/mol. The molecule has 0 bridgehead atoms. The van der Waals surface area contributed by atoms with Crippen molar-refractivity contribution in [3.8, 4) is 11.8 Å². The van der Waals surface area contributed by atoms with Crippen LogP contribution in [-0.2, 0) is 4.79 Å². The van der Waals surface area contributed by atoms with E-state index in [1.807, 2.05) is 30.3 Å². The molecule has 0 aromatic heterocycles. The quantitative estimate of drug-likeness (QED) is 0.505. The Balaban J connectivity index is 2.07. The molecule has 0 aliphatic heterocycles. The fraction of sp³-hybridized carbons (Fsp3) is 0.100. The van der Waals surface area contributed by atoms with E-state index in [0.717, 1.165) is 10.8 Å². The summed E-state index contributed by atoms with van der Waals surface area (Å²) < 4.78 is 18.7. The number of ether oxygens (including phenoxy) is 1. The highest BCUT2D eigenvalue weighted by Gasteiger charge is 2.20. The summed E-state index contributed by atoms with van der Waals surface area (Å²) in [5.74, 6) is -0.705. The van der Waals surface area contributed by atoms with Gasteiger partial charge in [0.2, 0.25) is 0 Å². The normalized spacial score (nSPS) is 11.6. The van der Waals surface area contributed by atoms with E-state index >= 15 is 0 Å². The lowest BCUT2D eigenvalue weighted by Crippen LogP contribution is -2.12. The standard InChI is InChI=1S/C20H14ClFN2O2/c1-12(25)26-20-15-5-3-2-4-13(15)6-8-16(20)19(11-23)24-14-7-9-18(22)17(21)10-14/h2-10,19,24H,1H3. The van der Waals surface area contributed by atoms with E-state index in [0.29, 0.717) is 17.0 Å². The predicted octanol–water partition coefficient (Wildman–Crippen LogP) is 5.23. The van der Waals surface area contributed by atoms with Gasteiger partial charge in [0.1, 0.15) is 17.6 Å². The summed E-state index contributed by atoms with van der Waals surface area (Å²) in [5.41, 5.74) is 0.978. The van der Waals surface area contributed by atoms with Gasteiger partial charge in [0, 0.05) is 23.6 Å². The summed E-state index contributed by atoms with van der Waals surface area (Å²) in [5, 5.41) is 14.2. The van der Waals surface area contributed by atoms with E-state index < -0.39 is 17.8 Å². The van der Waals surface area contributed by atoms with Crippen LogP contribution in [0.1, 0.15) is 18.5 Å². The third kappa shape index (κ3) is 3.61. The van der Waals surface area contributed by atoms with Crippen LogP contribution >= 0.6 is 11.6 Å². The molecule has 130 valence electrons. The van der Waals surface area contributed by atoms with Gasteiger partial charge in [-0.25, -0.2) is 4.39 Å². The van der Waals surface area contributed by atoms with Gasteiger partial charge < -0.3 is 10.1 Å². The van der Waals surface area contributed by atoms with Crippen molar-refractivity contribution in [2.24, 2.45) is 0 Å². The number of fused-ring (bicyclic) bond motifs is 1. The van der Waals surface area contributed by atoms with Gasteiger partial charge in [-0.05, 0) is 23.6 Å². The van der Waals surface area contributed by atoms with Gasteiger partial charge in [-0.15, -0.1) is 0 Å². The van der Waals surface area contributed by atoms with Gasteiger partial charge >= 0.3 is 5.97 Å². The number of rotatable bonds is 4. The van der Waals surface area contributed by atoms with Crippen LogP contribution in [0.3, 0.4) is 0 Å². The lowest BCUT2D eigenvalue weighted by Gasteiger charge is -2.18. The molecule has 0 fully saturated rings. The molecule has 1 atom stereocenters. The number of carbonyl (C=O) groups is 1. The molecule has 3 rings (SSSR count). The molecule has 3 aromatic carbocycles. The highest BCUT2D eigenvalue weighted by molar-refractivity contribution is 6.31. The first-order chi connectivity index (χ1) is 12.5. The highest BCUT2D eigenvalue weighted by atomic mass is 35.5. The van der Waals surface area contributed by atoms with Crippen LogP contribution < -0.4 is 10.1 Å². The second kappa shape index (κ2) is 7.42. The smallest absolute Gasteiger partial charge is 0.308 e. The van der Waals surface area contributed by atoms with Crippen LogP contribution in [0.15, 0.2) is 54.6 Å².